The first-order valence-corrected chi connectivity index (χ1v) is 7.31. The number of nitrogens with one attached hydrogen (secondary N) is 2. The molecule has 0 aliphatic carbocycles. The van der Waals surface area contributed by atoms with Crippen molar-refractivity contribution < 1.29 is 4.79 Å². The molecule has 1 aromatic carbocycles. The smallest absolute Gasteiger partial charge is 0.227 e. The molecule has 1 aliphatic rings. The molecule has 104 valence electrons. The highest BCUT2D eigenvalue weighted by Crippen LogP contribution is 2.32. The van der Waals surface area contributed by atoms with Crippen molar-refractivity contribution in [2.24, 2.45) is 5.92 Å². The Kier molecular flexibility index (Phi) is 4.46. The fraction of sp³-hybridized carbons (Fsp3) is 0.562. The SMILES string of the molecule is CCCC(C)C(=O)Nc1cccc2c1NC(C)CC2. The third-order valence-electron chi connectivity index (χ3n) is 3.82. The van der Waals surface area contributed by atoms with E-state index in [-0.39, 0.29) is 11.8 Å². The number of benzene rings is 1. The van der Waals surface area contributed by atoms with Gasteiger partial charge in [0.2, 0.25) is 5.91 Å². The summed E-state index contributed by atoms with van der Waals surface area (Å²) in [5.74, 6) is 0.192. The van der Waals surface area contributed by atoms with Crippen molar-refractivity contribution in [2.45, 2.75) is 52.5 Å². The summed E-state index contributed by atoms with van der Waals surface area (Å²) in [7, 11) is 0. The molecule has 1 heterocycles. The molecule has 0 bridgehead atoms. The molecule has 3 heteroatoms. The van der Waals surface area contributed by atoms with Crippen molar-refractivity contribution in [3.63, 3.8) is 0 Å². The Morgan fingerprint density at radius 3 is 3.05 bits per heavy atom. The molecule has 2 rings (SSSR count). The summed E-state index contributed by atoms with van der Waals surface area (Å²) >= 11 is 0. The van der Waals surface area contributed by atoms with Gasteiger partial charge in [-0.25, -0.2) is 0 Å². The quantitative estimate of drug-likeness (QED) is 0.864. The minimum absolute atomic E-state index is 0.0712. The maximum Gasteiger partial charge on any atom is 0.227 e. The molecule has 0 saturated heterocycles. The molecular weight excluding hydrogens is 236 g/mol. The van der Waals surface area contributed by atoms with Crippen LogP contribution in [0.5, 0.6) is 0 Å². The molecule has 2 N–H and O–H groups in total. The van der Waals surface area contributed by atoms with E-state index < -0.39 is 0 Å². The first-order chi connectivity index (χ1) is 9.11. The third-order valence-corrected chi connectivity index (χ3v) is 3.82. The van der Waals surface area contributed by atoms with Gasteiger partial charge in [0, 0.05) is 12.0 Å². The van der Waals surface area contributed by atoms with Crippen molar-refractivity contribution in [2.75, 3.05) is 10.6 Å². The van der Waals surface area contributed by atoms with Crippen LogP contribution in [0.25, 0.3) is 0 Å². The van der Waals surface area contributed by atoms with Gasteiger partial charge in [0.1, 0.15) is 0 Å². The Hall–Kier alpha value is -1.51. The van der Waals surface area contributed by atoms with Crippen molar-refractivity contribution in [1.29, 1.82) is 0 Å². The lowest BCUT2D eigenvalue weighted by Gasteiger charge is -2.26. The van der Waals surface area contributed by atoms with Crippen molar-refractivity contribution in [3.05, 3.63) is 23.8 Å². The monoisotopic (exact) mass is 260 g/mol. The van der Waals surface area contributed by atoms with Crippen LogP contribution >= 0.6 is 0 Å². The van der Waals surface area contributed by atoms with Gasteiger partial charge in [0.25, 0.3) is 0 Å². The largest absolute Gasteiger partial charge is 0.381 e. The standard InChI is InChI=1S/C16H24N2O/c1-4-6-11(2)16(19)18-14-8-5-7-13-10-9-12(3)17-15(13)14/h5,7-8,11-12,17H,4,6,9-10H2,1-3H3,(H,18,19). The normalized spacial score (nSPS) is 19.2. The zero-order valence-corrected chi connectivity index (χ0v) is 12.1. The van der Waals surface area contributed by atoms with E-state index in [1.165, 1.54) is 5.56 Å². The average Bonchev–Trinajstić information content (AvgIpc) is 2.39. The molecular formula is C16H24N2O. The molecule has 1 amide bonds. The summed E-state index contributed by atoms with van der Waals surface area (Å²) < 4.78 is 0. The van der Waals surface area contributed by atoms with Gasteiger partial charge in [0.15, 0.2) is 0 Å². The Balaban J connectivity index is 2.15. The fourth-order valence-electron chi connectivity index (χ4n) is 2.59. The second-order valence-electron chi connectivity index (χ2n) is 5.60. The van der Waals surface area contributed by atoms with Crippen LogP contribution in [0.4, 0.5) is 11.4 Å². The zero-order chi connectivity index (χ0) is 13.8. The molecule has 0 radical (unpaired) electrons. The summed E-state index contributed by atoms with van der Waals surface area (Å²) in [4.78, 5) is 12.1. The summed E-state index contributed by atoms with van der Waals surface area (Å²) in [5, 5.41) is 6.56. The maximum atomic E-state index is 12.1. The molecule has 0 fully saturated rings. The number of rotatable bonds is 4. The molecule has 1 aromatic rings. The Morgan fingerprint density at radius 1 is 1.53 bits per heavy atom. The predicted molar refractivity (Wildman–Crippen MR) is 80.5 cm³/mol. The predicted octanol–water partition coefficient (Wildman–Crippen LogP) is 3.81. The number of fused-ring (bicyclic) bond motifs is 1. The second kappa shape index (κ2) is 6.09. The third kappa shape index (κ3) is 3.28. The molecule has 3 nitrogen and oxygen atoms in total. The molecule has 19 heavy (non-hydrogen) atoms. The van der Waals surface area contributed by atoms with E-state index in [0.29, 0.717) is 6.04 Å². The van der Waals surface area contributed by atoms with Crippen LogP contribution in [0.1, 0.15) is 45.6 Å². The van der Waals surface area contributed by atoms with Gasteiger partial charge < -0.3 is 10.6 Å². The minimum Gasteiger partial charge on any atom is -0.381 e. The first kappa shape index (κ1) is 13.9. The molecule has 0 saturated carbocycles. The van der Waals surface area contributed by atoms with E-state index >= 15 is 0 Å². The van der Waals surface area contributed by atoms with Crippen LogP contribution in [-0.2, 0) is 11.2 Å². The Morgan fingerprint density at radius 2 is 2.32 bits per heavy atom. The number of carbonyl (C=O) groups excluding carboxylic acids is 1. The fourth-order valence-corrected chi connectivity index (χ4v) is 2.59. The molecule has 2 unspecified atom stereocenters. The summed E-state index contributed by atoms with van der Waals surface area (Å²) in [6.07, 6.45) is 4.20. The number of anilines is 2. The van der Waals surface area contributed by atoms with Gasteiger partial charge in [-0.3, -0.25) is 4.79 Å². The molecule has 2 atom stereocenters. The number of aryl methyl sites for hydroxylation is 1. The number of hydrogen-bond donors (Lipinski definition) is 2. The number of para-hydroxylation sites is 1. The van der Waals surface area contributed by atoms with E-state index in [4.69, 9.17) is 0 Å². The van der Waals surface area contributed by atoms with Gasteiger partial charge in [-0.2, -0.15) is 0 Å². The number of carbonyl (C=O) groups is 1. The lowest BCUT2D eigenvalue weighted by molar-refractivity contribution is -0.119. The Labute approximate surface area is 115 Å². The topological polar surface area (TPSA) is 41.1 Å². The highest BCUT2D eigenvalue weighted by molar-refractivity contribution is 5.96. The molecule has 0 aromatic heterocycles. The number of hydrogen-bond acceptors (Lipinski definition) is 2. The van der Waals surface area contributed by atoms with Crippen LogP contribution in [0.2, 0.25) is 0 Å². The van der Waals surface area contributed by atoms with Gasteiger partial charge in [0.05, 0.1) is 11.4 Å². The summed E-state index contributed by atoms with van der Waals surface area (Å²) in [6.45, 7) is 6.28. The number of amides is 1. The minimum atomic E-state index is 0.0712. The van der Waals surface area contributed by atoms with Crippen molar-refractivity contribution in [3.8, 4) is 0 Å². The summed E-state index contributed by atoms with van der Waals surface area (Å²) in [6, 6.07) is 6.62. The van der Waals surface area contributed by atoms with E-state index in [1.54, 1.807) is 0 Å². The van der Waals surface area contributed by atoms with Crippen molar-refractivity contribution in [1.82, 2.24) is 0 Å². The van der Waals surface area contributed by atoms with Gasteiger partial charge >= 0.3 is 0 Å². The highest BCUT2D eigenvalue weighted by Gasteiger charge is 2.19. The molecule has 1 aliphatic heterocycles. The van der Waals surface area contributed by atoms with E-state index in [1.807, 2.05) is 19.1 Å². The van der Waals surface area contributed by atoms with E-state index in [0.717, 1.165) is 37.1 Å². The van der Waals surface area contributed by atoms with E-state index in [9.17, 15) is 4.79 Å². The molecule has 0 spiro atoms. The van der Waals surface area contributed by atoms with Gasteiger partial charge in [-0.05, 0) is 37.8 Å². The van der Waals surface area contributed by atoms with Crippen molar-refractivity contribution >= 4 is 17.3 Å². The summed E-state index contributed by atoms with van der Waals surface area (Å²) in [5.41, 5.74) is 3.34. The van der Waals surface area contributed by atoms with E-state index in [2.05, 4.69) is 30.5 Å². The van der Waals surface area contributed by atoms with Crippen LogP contribution in [-0.4, -0.2) is 11.9 Å². The van der Waals surface area contributed by atoms with Gasteiger partial charge in [-0.1, -0.05) is 32.4 Å². The first-order valence-electron chi connectivity index (χ1n) is 7.31. The lowest BCUT2D eigenvalue weighted by Crippen LogP contribution is -2.25. The van der Waals surface area contributed by atoms with Crippen LogP contribution in [0.15, 0.2) is 18.2 Å². The van der Waals surface area contributed by atoms with Crippen LogP contribution in [0, 0.1) is 5.92 Å². The second-order valence-corrected chi connectivity index (χ2v) is 5.60. The van der Waals surface area contributed by atoms with Crippen LogP contribution in [0.3, 0.4) is 0 Å². The lowest BCUT2D eigenvalue weighted by atomic mass is 9.97. The average molecular weight is 260 g/mol. The van der Waals surface area contributed by atoms with Gasteiger partial charge in [-0.15, -0.1) is 0 Å². The zero-order valence-electron chi connectivity index (χ0n) is 12.1. The Bertz CT molecular complexity index is 456. The highest BCUT2D eigenvalue weighted by atomic mass is 16.1. The van der Waals surface area contributed by atoms with Crippen LogP contribution < -0.4 is 10.6 Å². The maximum absolute atomic E-state index is 12.1.